The smallest absolute Gasteiger partial charge is 0.268 e. The maximum atomic E-state index is 11.6. The average Bonchev–Trinajstić information content (AvgIpc) is 2.68. The number of carbonyl (C=O) groups is 2. The van der Waals surface area contributed by atoms with Crippen LogP contribution in [0, 0.1) is 0 Å². The highest BCUT2D eigenvalue weighted by Gasteiger charge is 2.38. The Kier molecular flexibility index (Phi) is 2.08. The predicted molar refractivity (Wildman–Crippen MR) is 52.0 cm³/mol. The van der Waals surface area contributed by atoms with Gasteiger partial charge in [-0.1, -0.05) is 11.6 Å². The first-order chi connectivity index (χ1) is 7.02. The Morgan fingerprint density at radius 1 is 1.33 bits per heavy atom. The SMILES string of the molecule is CC1=C(Cl)C(=O)N(c2ncn(C)n2)C1=O. The van der Waals surface area contributed by atoms with Crippen molar-refractivity contribution in [2.75, 3.05) is 4.90 Å². The van der Waals surface area contributed by atoms with Crippen LogP contribution in [0.3, 0.4) is 0 Å². The van der Waals surface area contributed by atoms with Crippen LogP contribution in [0.1, 0.15) is 6.92 Å². The molecule has 78 valence electrons. The molecule has 15 heavy (non-hydrogen) atoms. The molecule has 0 bridgehead atoms. The molecule has 7 heteroatoms. The van der Waals surface area contributed by atoms with E-state index in [4.69, 9.17) is 11.6 Å². The second-order valence-electron chi connectivity index (χ2n) is 3.10. The lowest BCUT2D eigenvalue weighted by Crippen LogP contribution is -2.32. The Bertz CT molecular complexity index is 467. The fraction of sp³-hybridized carbons (Fsp3) is 0.250. The third-order valence-electron chi connectivity index (χ3n) is 2.03. The molecule has 6 nitrogen and oxygen atoms in total. The van der Waals surface area contributed by atoms with E-state index < -0.39 is 11.8 Å². The number of amides is 2. The third kappa shape index (κ3) is 1.33. The number of nitrogens with zero attached hydrogens (tertiary/aromatic N) is 4. The first-order valence-corrected chi connectivity index (χ1v) is 4.51. The number of imide groups is 1. The molecular formula is C8H7ClN4O2. The molecule has 0 atom stereocenters. The topological polar surface area (TPSA) is 68.1 Å². The minimum absolute atomic E-state index is 0.0440. The molecular weight excluding hydrogens is 220 g/mol. The number of halogens is 1. The highest BCUT2D eigenvalue weighted by Crippen LogP contribution is 2.26. The van der Waals surface area contributed by atoms with Crippen LogP contribution in [0.2, 0.25) is 0 Å². The molecule has 1 aromatic heterocycles. The van der Waals surface area contributed by atoms with Gasteiger partial charge in [0.25, 0.3) is 17.8 Å². The molecule has 2 rings (SSSR count). The Labute approximate surface area is 90.1 Å². The van der Waals surface area contributed by atoms with Crippen LogP contribution in [0.25, 0.3) is 0 Å². The predicted octanol–water partition coefficient (Wildman–Crippen LogP) is 0.201. The van der Waals surface area contributed by atoms with Gasteiger partial charge in [0.15, 0.2) is 0 Å². The van der Waals surface area contributed by atoms with E-state index in [-0.39, 0.29) is 16.6 Å². The van der Waals surface area contributed by atoms with E-state index in [1.54, 1.807) is 7.05 Å². The molecule has 2 heterocycles. The minimum atomic E-state index is -0.578. The molecule has 0 spiro atoms. The van der Waals surface area contributed by atoms with Crippen LogP contribution in [0.4, 0.5) is 5.95 Å². The molecule has 0 fully saturated rings. The summed E-state index contributed by atoms with van der Waals surface area (Å²) in [7, 11) is 1.64. The van der Waals surface area contributed by atoms with Crippen molar-refractivity contribution in [1.82, 2.24) is 14.8 Å². The van der Waals surface area contributed by atoms with Crippen LogP contribution >= 0.6 is 11.6 Å². The molecule has 1 aliphatic heterocycles. The van der Waals surface area contributed by atoms with Gasteiger partial charge in [-0.05, 0) is 6.92 Å². The van der Waals surface area contributed by atoms with E-state index in [1.165, 1.54) is 17.9 Å². The van der Waals surface area contributed by atoms with Crippen molar-refractivity contribution in [2.45, 2.75) is 6.92 Å². The number of aromatic nitrogens is 3. The molecule has 0 aliphatic carbocycles. The van der Waals surface area contributed by atoms with Crippen molar-refractivity contribution >= 4 is 29.4 Å². The number of anilines is 1. The summed E-state index contributed by atoms with van der Waals surface area (Å²) >= 11 is 5.66. The average molecular weight is 227 g/mol. The lowest BCUT2D eigenvalue weighted by molar-refractivity contribution is -0.120. The molecule has 0 aromatic carbocycles. The van der Waals surface area contributed by atoms with E-state index in [2.05, 4.69) is 10.1 Å². The largest absolute Gasteiger partial charge is 0.279 e. The lowest BCUT2D eigenvalue weighted by atomic mass is 10.3. The van der Waals surface area contributed by atoms with Crippen molar-refractivity contribution < 1.29 is 9.59 Å². The van der Waals surface area contributed by atoms with E-state index in [1.807, 2.05) is 0 Å². The maximum Gasteiger partial charge on any atom is 0.279 e. The number of hydrogen-bond acceptors (Lipinski definition) is 4. The fourth-order valence-electron chi connectivity index (χ4n) is 1.22. The highest BCUT2D eigenvalue weighted by molar-refractivity contribution is 6.52. The van der Waals surface area contributed by atoms with Gasteiger partial charge in [-0.2, -0.15) is 4.98 Å². The first kappa shape index (κ1) is 9.85. The van der Waals surface area contributed by atoms with Gasteiger partial charge in [0.1, 0.15) is 11.4 Å². The summed E-state index contributed by atoms with van der Waals surface area (Å²) in [6.07, 6.45) is 1.40. The maximum absolute atomic E-state index is 11.6. The number of rotatable bonds is 1. The van der Waals surface area contributed by atoms with Crippen LogP contribution in [0.15, 0.2) is 16.9 Å². The van der Waals surface area contributed by atoms with Gasteiger partial charge in [-0.3, -0.25) is 14.3 Å². The minimum Gasteiger partial charge on any atom is -0.268 e. The molecule has 0 saturated carbocycles. The molecule has 1 aliphatic rings. The Hall–Kier alpha value is -1.69. The third-order valence-corrected chi connectivity index (χ3v) is 2.48. The van der Waals surface area contributed by atoms with E-state index >= 15 is 0 Å². The van der Waals surface area contributed by atoms with Gasteiger partial charge < -0.3 is 0 Å². The van der Waals surface area contributed by atoms with Crippen molar-refractivity contribution in [3.05, 3.63) is 16.9 Å². The van der Waals surface area contributed by atoms with Crippen molar-refractivity contribution in [3.63, 3.8) is 0 Å². The summed E-state index contributed by atoms with van der Waals surface area (Å²) in [5.41, 5.74) is 0.217. The second kappa shape index (κ2) is 3.16. The molecule has 2 amide bonds. The summed E-state index contributed by atoms with van der Waals surface area (Å²) in [4.78, 5) is 27.8. The van der Waals surface area contributed by atoms with Gasteiger partial charge >= 0.3 is 0 Å². The monoisotopic (exact) mass is 226 g/mol. The van der Waals surface area contributed by atoms with E-state index in [0.29, 0.717) is 0 Å². The second-order valence-corrected chi connectivity index (χ2v) is 3.48. The first-order valence-electron chi connectivity index (χ1n) is 4.13. The lowest BCUT2D eigenvalue weighted by Gasteiger charge is -2.08. The van der Waals surface area contributed by atoms with Crippen LogP contribution in [-0.2, 0) is 16.6 Å². The van der Waals surface area contributed by atoms with Gasteiger partial charge in [-0.25, -0.2) is 4.90 Å². The summed E-state index contributed by atoms with van der Waals surface area (Å²) < 4.78 is 1.40. The normalized spacial score (nSPS) is 16.9. The van der Waals surface area contributed by atoms with Gasteiger partial charge in [0.05, 0.1) is 0 Å². The molecule has 0 saturated heterocycles. The summed E-state index contributed by atoms with van der Waals surface area (Å²) in [5, 5.41) is 3.79. The van der Waals surface area contributed by atoms with Crippen LogP contribution < -0.4 is 4.90 Å². The molecule has 0 unspecified atom stereocenters. The Morgan fingerprint density at radius 2 is 2.00 bits per heavy atom. The highest BCUT2D eigenvalue weighted by atomic mass is 35.5. The number of carbonyl (C=O) groups excluding carboxylic acids is 2. The summed E-state index contributed by atoms with van der Waals surface area (Å²) in [6.45, 7) is 1.49. The Balaban J connectivity index is 2.43. The van der Waals surface area contributed by atoms with E-state index in [9.17, 15) is 9.59 Å². The molecule has 0 radical (unpaired) electrons. The zero-order valence-corrected chi connectivity index (χ0v) is 8.82. The van der Waals surface area contributed by atoms with Crippen molar-refractivity contribution in [3.8, 4) is 0 Å². The van der Waals surface area contributed by atoms with Crippen LogP contribution in [-0.4, -0.2) is 26.6 Å². The van der Waals surface area contributed by atoms with Crippen molar-refractivity contribution in [2.24, 2.45) is 7.05 Å². The molecule has 0 N–H and O–H groups in total. The van der Waals surface area contributed by atoms with Crippen LogP contribution in [0.5, 0.6) is 0 Å². The summed E-state index contributed by atoms with van der Waals surface area (Å²) in [6, 6.07) is 0. The fourth-order valence-corrected chi connectivity index (χ4v) is 1.39. The molecule has 1 aromatic rings. The quantitative estimate of drug-likeness (QED) is 0.642. The summed E-state index contributed by atoms with van der Waals surface area (Å²) in [5.74, 6) is -1.01. The van der Waals surface area contributed by atoms with Gasteiger partial charge in [0, 0.05) is 12.6 Å². The van der Waals surface area contributed by atoms with Gasteiger partial charge in [0.2, 0.25) is 0 Å². The zero-order valence-electron chi connectivity index (χ0n) is 8.06. The van der Waals surface area contributed by atoms with Gasteiger partial charge in [-0.15, -0.1) is 5.10 Å². The number of hydrogen-bond donors (Lipinski definition) is 0. The number of aryl methyl sites for hydroxylation is 1. The van der Waals surface area contributed by atoms with E-state index in [0.717, 1.165) is 4.90 Å². The zero-order chi connectivity index (χ0) is 11.2. The Morgan fingerprint density at radius 3 is 2.40 bits per heavy atom. The standard InChI is InChI=1S/C8H7ClN4O2/c1-4-5(9)7(15)13(6(4)14)8-10-3-12(2)11-8/h3H,1-2H3. The van der Waals surface area contributed by atoms with Crippen molar-refractivity contribution in [1.29, 1.82) is 0 Å².